The van der Waals surface area contributed by atoms with Gasteiger partial charge in [-0.1, -0.05) is 24.3 Å². The van der Waals surface area contributed by atoms with Crippen LogP contribution in [0.4, 0.5) is 0 Å². The molecule has 0 bridgehead atoms. The zero-order valence-corrected chi connectivity index (χ0v) is 9.57. The van der Waals surface area contributed by atoms with Crippen molar-refractivity contribution in [3.8, 4) is 11.3 Å². The Hall–Kier alpha value is -1.57. The van der Waals surface area contributed by atoms with Gasteiger partial charge in [0.15, 0.2) is 13.2 Å². The minimum Gasteiger partial charge on any atom is -0.154 e. The van der Waals surface area contributed by atoms with Crippen LogP contribution in [0.25, 0.3) is 11.3 Å². The molecule has 0 aliphatic carbocycles. The van der Waals surface area contributed by atoms with E-state index in [1.165, 1.54) is 16.8 Å². The lowest BCUT2D eigenvalue weighted by molar-refractivity contribution is -0.752. The minimum atomic E-state index is 0.993. The summed E-state index contributed by atoms with van der Waals surface area (Å²) in [6.45, 7) is 5.32. The fourth-order valence-corrected chi connectivity index (χ4v) is 2.00. The van der Waals surface area contributed by atoms with Crippen LogP contribution in [0.5, 0.6) is 0 Å². The number of hydrogen-bond donors (Lipinski definition) is 0. The molecule has 0 saturated carbocycles. The monoisotopic (exact) mass is 201 g/mol. The molecule has 1 heterocycles. The van der Waals surface area contributed by atoms with E-state index >= 15 is 0 Å². The Labute approximate surface area is 90.8 Å². The van der Waals surface area contributed by atoms with Crippen molar-refractivity contribution in [2.24, 2.45) is 7.05 Å². The number of rotatable bonds is 2. The van der Waals surface area contributed by atoms with Crippen molar-refractivity contribution in [3.05, 3.63) is 42.1 Å². The van der Waals surface area contributed by atoms with E-state index in [2.05, 4.69) is 66.8 Å². The van der Waals surface area contributed by atoms with E-state index in [1.807, 2.05) is 0 Å². The molecule has 2 heteroatoms. The second-order valence-corrected chi connectivity index (χ2v) is 3.81. The molecule has 0 fully saturated rings. The molecule has 0 unspecified atom stereocenters. The van der Waals surface area contributed by atoms with Crippen LogP contribution >= 0.6 is 0 Å². The predicted octanol–water partition coefficient (Wildman–Crippen LogP) is 2.31. The number of benzene rings is 1. The minimum absolute atomic E-state index is 0.993. The lowest BCUT2D eigenvalue weighted by Gasteiger charge is -2.05. The Kier molecular flexibility index (Phi) is 2.58. The van der Waals surface area contributed by atoms with Gasteiger partial charge in [-0.3, -0.25) is 0 Å². The summed E-state index contributed by atoms with van der Waals surface area (Å²) >= 11 is 0. The highest BCUT2D eigenvalue weighted by atomic mass is 15.4. The average Bonchev–Trinajstić information content (AvgIpc) is 2.60. The highest BCUT2D eigenvalue weighted by Crippen LogP contribution is 2.21. The Morgan fingerprint density at radius 2 is 1.93 bits per heavy atom. The van der Waals surface area contributed by atoms with Crippen molar-refractivity contribution in [2.45, 2.75) is 20.4 Å². The largest absolute Gasteiger partial charge is 0.196 e. The smallest absolute Gasteiger partial charge is 0.154 e. The normalized spacial score (nSPS) is 10.6. The Balaban J connectivity index is 2.59. The Morgan fingerprint density at radius 3 is 2.60 bits per heavy atom. The van der Waals surface area contributed by atoms with E-state index in [4.69, 9.17) is 0 Å². The van der Waals surface area contributed by atoms with Crippen molar-refractivity contribution in [1.82, 2.24) is 4.68 Å². The lowest BCUT2D eigenvalue weighted by atomic mass is 10.1. The van der Waals surface area contributed by atoms with Gasteiger partial charge in [0.05, 0.1) is 6.54 Å². The maximum Gasteiger partial charge on any atom is 0.196 e. The van der Waals surface area contributed by atoms with Crippen molar-refractivity contribution in [1.29, 1.82) is 0 Å². The second kappa shape index (κ2) is 3.89. The molecule has 0 radical (unpaired) electrons. The van der Waals surface area contributed by atoms with Gasteiger partial charge in [0, 0.05) is 11.6 Å². The van der Waals surface area contributed by atoms with Gasteiger partial charge in [0.25, 0.3) is 0 Å². The van der Waals surface area contributed by atoms with Gasteiger partial charge in [0.2, 0.25) is 0 Å². The molecule has 0 amide bonds. The van der Waals surface area contributed by atoms with Gasteiger partial charge >= 0.3 is 0 Å². The summed E-state index contributed by atoms with van der Waals surface area (Å²) in [5.41, 5.74) is 3.93. The molecule has 0 spiro atoms. The van der Waals surface area contributed by atoms with E-state index in [1.54, 1.807) is 0 Å². The Morgan fingerprint density at radius 1 is 1.20 bits per heavy atom. The fraction of sp³-hybridized carbons (Fsp3) is 0.308. The van der Waals surface area contributed by atoms with E-state index in [0.717, 1.165) is 6.54 Å². The summed E-state index contributed by atoms with van der Waals surface area (Å²) in [7, 11) is 2.07. The van der Waals surface area contributed by atoms with Crippen molar-refractivity contribution < 1.29 is 4.68 Å². The van der Waals surface area contributed by atoms with Crippen molar-refractivity contribution >= 4 is 0 Å². The van der Waals surface area contributed by atoms with Gasteiger partial charge < -0.3 is 0 Å². The predicted molar refractivity (Wildman–Crippen MR) is 61.5 cm³/mol. The molecule has 2 rings (SSSR count). The maximum absolute atomic E-state index is 2.27. The second-order valence-electron chi connectivity index (χ2n) is 3.81. The summed E-state index contributed by atoms with van der Waals surface area (Å²) < 4.78 is 4.39. The molecule has 2 aromatic rings. The van der Waals surface area contributed by atoms with Gasteiger partial charge in [-0.25, -0.2) is 0 Å². The number of aromatic nitrogens is 2. The molecular formula is C13H17N2+. The molecule has 0 saturated heterocycles. The zero-order valence-electron chi connectivity index (χ0n) is 9.57. The van der Waals surface area contributed by atoms with Gasteiger partial charge in [-0.2, -0.15) is 4.68 Å². The summed E-state index contributed by atoms with van der Waals surface area (Å²) in [5, 5.41) is 0. The van der Waals surface area contributed by atoms with Crippen LogP contribution in [-0.4, -0.2) is 4.68 Å². The molecule has 1 aromatic carbocycles. The van der Waals surface area contributed by atoms with Crippen LogP contribution < -0.4 is 4.68 Å². The molecule has 0 aliphatic heterocycles. The van der Waals surface area contributed by atoms with E-state index in [0.29, 0.717) is 0 Å². The third kappa shape index (κ3) is 1.67. The first-order valence-corrected chi connectivity index (χ1v) is 5.35. The van der Waals surface area contributed by atoms with E-state index in [-0.39, 0.29) is 0 Å². The van der Waals surface area contributed by atoms with Gasteiger partial charge in [-0.05, 0) is 19.4 Å². The molecule has 0 aliphatic rings. The molecular weight excluding hydrogens is 184 g/mol. The van der Waals surface area contributed by atoms with Crippen molar-refractivity contribution in [3.63, 3.8) is 0 Å². The highest BCUT2D eigenvalue weighted by molar-refractivity contribution is 5.62. The summed E-state index contributed by atoms with van der Waals surface area (Å²) in [6, 6.07) is 10.7. The first-order chi connectivity index (χ1) is 7.24. The quantitative estimate of drug-likeness (QED) is 0.659. The fourth-order valence-electron chi connectivity index (χ4n) is 2.00. The summed E-state index contributed by atoms with van der Waals surface area (Å²) in [4.78, 5) is 0. The van der Waals surface area contributed by atoms with Crippen LogP contribution in [0, 0.1) is 6.92 Å². The maximum atomic E-state index is 2.27. The van der Waals surface area contributed by atoms with Crippen LogP contribution in [0.3, 0.4) is 0 Å². The summed E-state index contributed by atoms with van der Waals surface area (Å²) in [6.07, 6.45) is 2.10. The van der Waals surface area contributed by atoms with Gasteiger partial charge in [0.1, 0.15) is 5.69 Å². The number of nitrogens with zero attached hydrogens (tertiary/aromatic N) is 2. The third-order valence-electron chi connectivity index (χ3n) is 2.83. The standard InChI is InChI=1S/C13H17N2/c1-4-15-13(9-10-14(15)3)12-8-6-5-7-11(12)2/h5-10H,4H2,1-3H3/q+1. The molecule has 0 atom stereocenters. The van der Waals surface area contributed by atoms with Crippen LogP contribution in [0.1, 0.15) is 12.5 Å². The molecule has 0 N–H and O–H groups in total. The van der Waals surface area contributed by atoms with Crippen LogP contribution in [0.2, 0.25) is 0 Å². The molecule has 15 heavy (non-hydrogen) atoms. The molecule has 78 valence electrons. The van der Waals surface area contributed by atoms with E-state index in [9.17, 15) is 0 Å². The SMILES string of the molecule is CCn1c(-c2ccccc2C)cc[n+]1C. The first kappa shape index (κ1) is 9.97. The van der Waals surface area contributed by atoms with E-state index < -0.39 is 0 Å². The number of aryl methyl sites for hydroxylation is 2. The zero-order chi connectivity index (χ0) is 10.8. The summed E-state index contributed by atoms with van der Waals surface area (Å²) in [5.74, 6) is 0. The van der Waals surface area contributed by atoms with Crippen molar-refractivity contribution in [2.75, 3.05) is 0 Å². The highest BCUT2D eigenvalue weighted by Gasteiger charge is 2.12. The lowest BCUT2D eigenvalue weighted by Crippen LogP contribution is -2.38. The van der Waals surface area contributed by atoms with Crippen LogP contribution in [0.15, 0.2) is 36.5 Å². The average molecular weight is 201 g/mol. The Bertz CT molecular complexity index is 469. The number of hydrogen-bond acceptors (Lipinski definition) is 0. The topological polar surface area (TPSA) is 8.81 Å². The molecule has 1 aromatic heterocycles. The molecule has 2 nitrogen and oxygen atoms in total. The first-order valence-electron chi connectivity index (χ1n) is 5.35. The van der Waals surface area contributed by atoms with Crippen LogP contribution in [-0.2, 0) is 13.6 Å². The van der Waals surface area contributed by atoms with Gasteiger partial charge in [-0.15, -0.1) is 4.68 Å². The third-order valence-corrected chi connectivity index (χ3v) is 2.83.